The second-order valence-corrected chi connectivity index (χ2v) is 6.62. The maximum absolute atomic E-state index is 12.6. The van der Waals surface area contributed by atoms with Gasteiger partial charge in [-0.3, -0.25) is 4.72 Å². The molecule has 0 spiro atoms. The minimum atomic E-state index is -3.87. The summed E-state index contributed by atoms with van der Waals surface area (Å²) in [6.07, 6.45) is 0. The van der Waals surface area contributed by atoms with E-state index in [0.717, 1.165) is 5.56 Å². The number of aryl methyl sites for hydroxylation is 1. The highest BCUT2D eigenvalue weighted by atomic mass is 35.5. The second-order valence-electron chi connectivity index (χ2n) is 4.56. The number of methoxy groups -OCH3 is 2. The highest BCUT2D eigenvalue weighted by molar-refractivity contribution is 7.92. The Labute approximate surface area is 134 Å². The van der Waals surface area contributed by atoms with E-state index < -0.39 is 10.0 Å². The first-order chi connectivity index (χ1) is 10.4. The van der Waals surface area contributed by atoms with Gasteiger partial charge in [-0.05, 0) is 36.8 Å². The number of hydrogen-bond donors (Lipinski definition) is 1. The zero-order valence-electron chi connectivity index (χ0n) is 12.4. The Morgan fingerprint density at radius 2 is 1.68 bits per heavy atom. The molecule has 7 heteroatoms. The number of para-hydroxylation sites is 2. The van der Waals surface area contributed by atoms with Gasteiger partial charge in [-0.15, -0.1) is 0 Å². The molecule has 1 N–H and O–H groups in total. The third-order valence-electron chi connectivity index (χ3n) is 3.09. The lowest BCUT2D eigenvalue weighted by molar-refractivity contribution is 0.402. The van der Waals surface area contributed by atoms with Crippen LogP contribution < -0.4 is 14.2 Å². The van der Waals surface area contributed by atoms with Crippen LogP contribution in [0, 0.1) is 6.92 Å². The Balaban J connectivity index is 2.49. The van der Waals surface area contributed by atoms with Crippen molar-refractivity contribution < 1.29 is 17.9 Å². The molecule has 0 aromatic heterocycles. The molecule has 22 heavy (non-hydrogen) atoms. The van der Waals surface area contributed by atoms with E-state index in [-0.39, 0.29) is 10.6 Å². The topological polar surface area (TPSA) is 64.6 Å². The van der Waals surface area contributed by atoms with Crippen molar-refractivity contribution in [3.05, 3.63) is 47.0 Å². The molecule has 0 aliphatic carbocycles. The van der Waals surface area contributed by atoms with E-state index in [4.69, 9.17) is 21.1 Å². The van der Waals surface area contributed by atoms with E-state index in [9.17, 15) is 8.42 Å². The van der Waals surface area contributed by atoms with E-state index in [0.29, 0.717) is 16.5 Å². The molecule has 0 saturated carbocycles. The summed E-state index contributed by atoms with van der Waals surface area (Å²) in [5.41, 5.74) is 1.07. The Hall–Kier alpha value is -1.92. The normalized spacial score (nSPS) is 11.1. The molecule has 0 radical (unpaired) electrons. The van der Waals surface area contributed by atoms with Crippen LogP contribution in [-0.2, 0) is 10.0 Å². The molecule has 0 atom stereocenters. The van der Waals surface area contributed by atoms with Crippen LogP contribution in [0.15, 0.2) is 41.3 Å². The number of anilines is 1. The van der Waals surface area contributed by atoms with Crippen LogP contribution in [0.25, 0.3) is 0 Å². The van der Waals surface area contributed by atoms with Gasteiger partial charge < -0.3 is 9.47 Å². The molecule has 0 aliphatic rings. The maximum Gasteiger partial charge on any atom is 0.265 e. The first kappa shape index (κ1) is 16.5. The van der Waals surface area contributed by atoms with Gasteiger partial charge in [-0.25, -0.2) is 8.42 Å². The predicted octanol–water partition coefficient (Wildman–Crippen LogP) is 3.47. The van der Waals surface area contributed by atoms with E-state index in [1.807, 2.05) is 0 Å². The van der Waals surface area contributed by atoms with Crippen molar-refractivity contribution >= 4 is 27.3 Å². The quantitative estimate of drug-likeness (QED) is 0.904. The average Bonchev–Trinajstić information content (AvgIpc) is 2.49. The lowest BCUT2D eigenvalue weighted by Crippen LogP contribution is -2.15. The molecule has 0 amide bonds. The number of rotatable bonds is 5. The van der Waals surface area contributed by atoms with Crippen molar-refractivity contribution in [1.29, 1.82) is 0 Å². The van der Waals surface area contributed by atoms with Gasteiger partial charge in [0.1, 0.15) is 16.4 Å². The molecule has 2 aromatic carbocycles. The number of benzene rings is 2. The first-order valence-corrected chi connectivity index (χ1v) is 8.25. The van der Waals surface area contributed by atoms with Gasteiger partial charge in [0.05, 0.1) is 19.9 Å². The predicted molar refractivity (Wildman–Crippen MR) is 86.5 cm³/mol. The number of nitrogens with one attached hydrogen (secondary N) is 1. The zero-order chi connectivity index (χ0) is 16.3. The van der Waals surface area contributed by atoms with Crippen LogP contribution in [0.2, 0.25) is 5.02 Å². The molecule has 2 aromatic rings. The molecule has 2 rings (SSSR count). The minimum absolute atomic E-state index is 0.0310. The van der Waals surface area contributed by atoms with Gasteiger partial charge in [0, 0.05) is 5.02 Å². The Bertz CT molecular complexity index is 790. The van der Waals surface area contributed by atoms with Gasteiger partial charge in [0.25, 0.3) is 10.0 Å². The van der Waals surface area contributed by atoms with Crippen molar-refractivity contribution in [3.8, 4) is 11.5 Å². The maximum atomic E-state index is 12.6. The summed E-state index contributed by atoms with van der Waals surface area (Å²) in [4.78, 5) is -0.0310. The van der Waals surface area contributed by atoms with Gasteiger partial charge in [-0.2, -0.15) is 0 Å². The highest BCUT2D eigenvalue weighted by Crippen LogP contribution is 2.33. The second kappa shape index (κ2) is 6.46. The smallest absolute Gasteiger partial charge is 0.265 e. The average molecular weight is 342 g/mol. The van der Waals surface area contributed by atoms with Crippen molar-refractivity contribution in [2.75, 3.05) is 18.9 Å². The third-order valence-corrected chi connectivity index (χ3v) is 4.88. The third kappa shape index (κ3) is 3.28. The lowest BCUT2D eigenvalue weighted by Gasteiger charge is -2.14. The van der Waals surface area contributed by atoms with Gasteiger partial charge >= 0.3 is 0 Å². The van der Waals surface area contributed by atoms with Crippen LogP contribution in [0.4, 0.5) is 5.69 Å². The molecule has 0 aliphatic heterocycles. The fourth-order valence-electron chi connectivity index (χ4n) is 1.93. The van der Waals surface area contributed by atoms with Crippen LogP contribution in [-0.4, -0.2) is 22.6 Å². The standard InChI is InChI=1S/C15H16ClNO4S/c1-10-8-14(21-3)15(9-11(10)16)22(18,19)17-12-6-4-5-7-13(12)20-2/h4-9,17H,1-3H3. The molecule has 0 unspecified atom stereocenters. The van der Waals surface area contributed by atoms with Crippen LogP contribution in [0.1, 0.15) is 5.56 Å². The number of ether oxygens (including phenoxy) is 2. The minimum Gasteiger partial charge on any atom is -0.495 e. The number of hydrogen-bond acceptors (Lipinski definition) is 4. The van der Waals surface area contributed by atoms with Crippen molar-refractivity contribution in [2.24, 2.45) is 0 Å². The van der Waals surface area contributed by atoms with Crippen LogP contribution in [0.3, 0.4) is 0 Å². The summed E-state index contributed by atoms with van der Waals surface area (Å²) in [5, 5.41) is 0.348. The number of halogens is 1. The summed E-state index contributed by atoms with van der Waals surface area (Å²) in [6, 6.07) is 9.68. The molecule has 118 valence electrons. The fourth-order valence-corrected chi connectivity index (χ4v) is 3.41. The Morgan fingerprint density at radius 3 is 2.32 bits per heavy atom. The summed E-state index contributed by atoms with van der Waals surface area (Å²) >= 11 is 6.04. The van der Waals surface area contributed by atoms with E-state index >= 15 is 0 Å². The SMILES string of the molecule is COc1ccccc1NS(=O)(=O)c1cc(Cl)c(C)cc1OC. The first-order valence-electron chi connectivity index (χ1n) is 6.39. The van der Waals surface area contributed by atoms with Crippen LogP contribution >= 0.6 is 11.6 Å². The van der Waals surface area contributed by atoms with E-state index in [2.05, 4.69) is 4.72 Å². The van der Waals surface area contributed by atoms with Gasteiger partial charge in [-0.1, -0.05) is 23.7 Å². The summed E-state index contributed by atoms with van der Waals surface area (Å²) in [7, 11) is -0.991. The molecular weight excluding hydrogens is 326 g/mol. The van der Waals surface area contributed by atoms with Crippen molar-refractivity contribution in [2.45, 2.75) is 11.8 Å². The van der Waals surface area contributed by atoms with Gasteiger partial charge in [0.2, 0.25) is 0 Å². The highest BCUT2D eigenvalue weighted by Gasteiger charge is 2.22. The van der Waals surface area contributed by atoms with E-state index in [1.165, 1.54) is 20.3 Å². The molecule has 0 saturated heterocycles. The molecule has 0 fully saturated rings. The number of sulfonamides is 1. The summed E-state index contributed by atoms with van der Waals surface area (Å²) in [6.45, 7) is 1.77. The molecular formula is C15H16ClNO4S. The Morgan fingerprint density at radius 1 is 1.05 bits per heavy atom. The van der Waals surface area contributed by atoms with Gasteiger partial charge in [0.15, 0.2) is 0 Å². The largest absolute Gasteiger partial charge is 0.495 e. The summed E-state index contributed by atoms with van der Waals surface area (Å²) < 4.78 is 38.0. The monoisotopic (exact) mass is 341 g/mol. The summed E-state index contributed by atoms with van der Waals surface area (Å²) in [5.74, 6) is 0.646. The molecule has 5 nitrogen and oxygen atoms in total. The van der Waals surface area contributed by atoms with Crippen molar-refractivity contribution in [1.82, 2.24) is 0 Å². The molecule has 0 heterocycles. The molecule has 0 bridgehead atoms. The Kier molecular flexibility index (Phi) is 4.83. The van der Waals surface area contributed by atoms with Crippen molar-refractivity contribution in [3.63, 3.8) is 0 Å². The zero-order valence-corrected chi connectivity index (χ0v) is 14.0. The van der Waals surface area contributed by atoms with Crippen LogP contribution in [0.5, 0.6) is 11.5 Å². The van der Waals surface area contributed by atoms with E-state index in [1.54, 1.807) is 37.3 Å². The fraction of sp³-hybridized carbons (Fsp3) is 0.200. The lowest BCUT2D eigenvalue weighted by atomic mass is 10.2.